The van der Waals surface area contributed by atoms with E-state index in [2.05, 4.69) is 5.32 Å². The fourth-order valence-corrected chi connectivity index (χ4v) is 3.02. The van der Waals surface area contributed by atoms with E-state index in [-0.39, 0.29) is 6.04 Å². The molecule has 0 radical (unpaired) electrons. The molecule has 3 rings (SSSR count). The minimum atomic E-state index is -1.38. The summed E-state index contributed by atoms with van der Waals surface area (Å²) in [6, 6.07) is 4.00. The first-order valence-corrected chi connectivity index (χ1v) is 7.42. The summed E-state index contributed by atoms with van der Waals surface area (Å²) in [5, 5.41) is 3.49. The molecule has 0 aromatic heterocycles. The Morgan fingerprint density at radius 3 is 2.45 bits per heavy atom. The minimum absolute atomic E-state index is 0.213. The molecule has 2 aliphatic heterocycles. The molecule has 0 aliphatic carbocycles. The first-order valence-electron chi connectivity index (χ1n) is 7.42. The van der Waals surface area contributed by atoms with E-state index in [1.807, 2.05) is 12.1 Å². The lowest BCUT2D eigenvalue weighted by molar-refractivity contribution is 0.168. The Morgan fingerprint density at radius 2 is 1.85 bits per heavy atom. The van der Waals surface area contributed by atoms with Gasteiger partial charge in [-0.05, 0) is 56.5 Å². The third-order valence-electron chi connectivity index (χ3n) is 4.04. The molecule has 0 bridgehead atoms. The average Bonchev–Trinajstić information content (AvgIpc) is 2.46. The van der Waals surface area contributed by atoms with Crippen LogP contribution in [0.4, 0.5) is 4.39 Å². The number of nitrogens with one attached hydrogen (secondary N) is 1. The Morgan fingerprint density at radius 1 is 1.15 bits per heavy atom. The Kier molecular flexibility index (Phi) is 3.59. The number of hydrogen-bond donors (Lipinski definition) is 1. The van der Waals surface area contributed by atoms with Crippen molar-refractivity contribution in [1.29, 1.82) is 0 Å². The molecule has 2 aliphatic rings. The van der Waals surface area contributed by atoms with Gasteiger partial charge < -0.3 is 14.8 Å². The van der Waals surface area contributed by atoms with Gasteiger partial charge >= 0.3 is 0 Å². The molecular weight excluding hydrogens is 257 g/mol. The van der Waals surface area contributed by atoms with Crippen LogP contribution >= 0.6 is 0 Å². The first kappa shape index (κ1) is 13.7. The maximum Gasteiger partial charge on any atom is 0.161 e. The smallest absolute Gasteiger partial charge is 0.161 e. The van der Waals surface area contributed by atoms with E-state index in [0.29, 0.717) is 24.5 Å². The minimum Gasteiger partial charge on any atom is -0.486 e. The second-order valence-electron chi connectivity index (χ2n) is 6.06. The SMILES string of the molecule is CC(C)(F)c1cc2c(cc1C1CCCCN1)OCCO2. The van der Waals surface area contributed by atoms with Crippen LogP contribution in [0.5, 0.6) is 11.5 Å². The Labute approximate surface area is 119 Å². The topological polar surface area (TPSA) is 30.5 Å². The summed E-state index contributed by atoms with van der Waals surface area (Å²) < 4.78 is 25.8. The van der Waals surface area contributed by atoms with Gasteiger partial charge in [-0.3, -0.25) is 0 Å². The molecule has 0 saturated carbocycles. The van der Waals surface area contributed by atoms with Gasteiger partial charge in [-0.25, -0.2) is 4.39 Å². The first-order chi connectivity index (χ1) is 9.55. The summed E-state index contributed by atoms with van der Waals surface area (Å²) >= 11 is 0. The van der Waals surface area contributed by atoms with Gasteiger partial charge in [0.05, 0.1) is 0 Å². The molecule has 20 heavy (non-hydrogen) atoms. The van der Waals surface area contributed by atoms with E-state index in [4.69, 9.17) is 9.47 Å². The van der Waals surface area contributed by atoms with Crippen molar-refractivity contribution in [2.24, 2.45) is 0 Å². The monoisotopic (exact) mass is 279 g/mol. The molecule has 1 saturated heterocycles. The van der Waals surface area contributed by atoms with E-state index in [1.165, 1.54) is 12.8 Å². The van der Waals surface area contributed by atoms with Crippen molar-refractivity contribution in [1.82, 2.24) is 5.32 Å². The van der Waals surface area contributed by atoms with Crippen LogP contribution < -0.4 is 14.8 Å². The Hall–Kier alpha value is -1.29. The van der Waals surface area contributed by atoms with Crippen molar-refractivity contribution in [3.8, 4) is 11.5 Å². The van der Waals surface area contributed by atoms with E-state index in [9.17, 15) is 4.39 Å². The quantitative estimate of drug-likeness (QED) is 0.899. The lowest BCUT2D eigenvalue weighted by Gasteiger charge is -2.31. The lowest BCUT2D eigenvalue weighted by atomic mass is 9.87. The van der Waals surface area contributed by atoms with Gasteiger partial charge in [0.1, 0.15) is 18.9 Å². The van der Waals surface area contributed by atoms with Crippen molar-refractivity contribution in [3.63, 3.8) is 0 Å². The molecule has 0 amide bonds. The number of halogens is 1. The predicted molar refractivity (Wildman–Crippen MR) is 76.2 cm³/mol. The fraction of sp³-hybridized carbons (Fsp3) is 0.625. The van der Waals surface area contributed by atoms with Gasteiger partial charge in [-0.2, -0.15) is 0 Å². The molecule has 2 heterocycles. The van der Waals surface area contributed by atoms with Gasteiger partial charge in [-0.15, -0.1) is 0 Å². The third kappa shape index (κ3) is 2.62. The van der Waals surface area contributed by atoms with Crippen LogP contribution in [0.15, 0.2) is 12.1 Å². The molecule has 1 N–H and O–H groups in total. The van der Waals surface area contributed by atoms with Gasteiger partial charge in [-0.1, -0.05) is 6.42 Å². The average molecular weight is 279 g/mol. The molecule has 1 fully saturated rings. The van der Waals surface area contributed by atoms with E-state index >= 15 is 0 Å². The van der Waals surface area contributed by atoms with Crippen LogP contribution in [0.3, 0.4) is 0 Å². The second-order valence-corrected chi connectivity index (χ2v) is 6.06. The molecule has 0 spiro atoms. The number of benzene rings is 1. The van der Waals surface area contributed by atoms with E-state index < -0.39 is 5.67 Å². The summed E-state index contributed by atoms with van der Waals surface area (Å²) in [5.74, 6) is 1.41. The van der Waals surface area contributed by atoms with Crippen molar-refractivity contribution in [3.05, 3.63) is 23.3 Å². The van der Waals surface area contributed by atoms with Crippen LogP contribution in [0.25, 0.3) is 0 Å². The second kappa shape index (κ2) is 5.24. The zero-order valence-corrected chi connectivity index (χ0v) is 12.2. The summed E-state index contributed by atoms with van der Waals surface area (Å²) in [6.07, 6.45) is 3.41. The van der Waals surface area contributed by atoms with Gasteiger partial charge in [0.15, 0.2) is 11.5 Å². The number of hydrogen-bond acceptors (Lipinski definition) is 3. The number of ether oxygens (including phenoxy) is 2. The highest BCUT2D eigenvalue weighted by atomic mass is 19.1. The van der Waals surface area contributed by atoms with Gasteiger partial charge in [0.2, 0.25) is 0 Å². The number of alkyl halides is 1. The third-order valence-corrected chi connectivity index (χ3v) is 4.04. The molecule has 4 heteroatoms. The fourth-order valence-electron chi connectivity index (χ4n) is 3.02. The molecule has 3 nitrogen and oxygen atoms in total. The van der Waals surface area contributed by atoms with Gasteiger partial charge in [0, 0.05) is 6.04 Å². The molecule has 1 atom stereocenters. The maximum absolute atomic E-state index is 14.6. The Bertz CT molecular complexity index is 490. The summed E-state index contributed by atoms with van der Waals surface area (Å²) in [6.45, 7) is 5.28. The zero-order valence-electron chi connectivity index (χ0n) is 12.2. The molecular formula is C16H22FNO2. The zero-order chi connectivity index (χ0) is 14.2. The standard InChI is InChI=1S/C16H22FNO2/c1-16(2,17)12-10-15-14(19-7-8-20-15)9-11(12)13-5-3-4-6-18-13/h9-10,13,18H,3-8H2,1-2H3. The maximum atomic E-state index is 14.6. The van der Waals surface area contributed by atoms with Crippen molar-refractivity contribution in [2.45, 2.75) is 44.8 Å². The molecule has 110 valence electrons. The Balaban J connectivity index is 2.05. The highest BCUT2D eigenvalue weighted by Crippen LogP contribution is 2.42. The highest BCUT2D eigenvalue weighted by molar-refractivity contribution is 5.51. The predicted octanol–water partition coefficient (Wildman–Crippen LogP) is 3.48. The van der Waals surface area contributed by atoms with E-state index in [1.54, 1.807) is 13.8 Å². The number of rotatable bonds is 2. The van der Waals surface area contributed by atoms with Gasteiger partial charge in [0.25, 0.3) is 0 Å². The van der Waals surface area contributed by atoms with E-state index in [0.717, 1.165) is 24.3 Å². The molecule has 1 unspecified atom stereocenters. The molecule has 1 aromatic carbocycles. The highest BCUT2D eigenvalue weighted by Gasteiger charge is 2.30. The van der Waals surface area contributed by atoms with Crippen molar-refractivity contribution >= 4 is 0 Å². The van der Waals surface area contributed by atoms with Crippen molar-refractivity contribution < 1.29 is 13.9 Å². The summed E-state index contributed by atoms with van der Waals surface area (Å²) in [4.78, 5) is 0. The number of piperidine rings is 1. The van der Waals surface area contributed by atoms with Crippen LogP contribution in [0.2, 0.25) is 0 Å². The van der Waals surface area contributed by atoms with Crippen molar-refractivity contribution in [2.75, 3.05) is 19.8 Å². The summed E-state index contributed by atoms with van der Waals surface area (Å²) in [7, 11) is 0. The van der Waals surface area contributed by atoms with Crippen LogP contribution in [0, 0.1) is 0 Å². The summed E-state index contributed by atoms with van der Waals surface area (Å²) in [5.41, 5.74) is 0.340. The number of fused-ring (bicyclic) bond motifs is 1. The van der Waals surface area contributed by atoms with Crippen LogP contribution in [-0.4, -0.2) is 19.8 Å². The normalized spacial score (nSPS) is 22.6. The van der Waals surface area contributed by atoms with Crippen LogP contribution in [-0.2, 0) is 5.67 Å². The largest absolute Gasteiger partial charge is 0.486 e. The molecule has 1 aromatic rings. The van der Waals surface area contributed by atoms with Crippen LogP contribution in [0.1, 0.15) is 50.3 Å². The lowest BCUT2D eigenvalue weighted by Crippen LogP contribution is -2.29.